The predicted molar refractivity (Wildman–Crippen MR) is 141 cm³/mol. The Morgan fingerprint density at radius 2 is 1.86 bits per heavy atom. The Kier molecular flexibility index (Phi) is 11.5. The molecule has 2 heterocycles. The number of benzene rings is 1. The molecule has 2 aliphatic rings. The molecule has 1 aliphatic heterocycles. The lowest BCUT2D eigenvalue weighted by atomic mass is 9.92. The summed E-state index contributed by atoms with van der Waals surface area (Å²) in [6, 6.07) is 7.75. The number of aryl methyl sites for hydroxylation is 1. The number of para-hydroxylation sites is 1. The highest BCUT2D eigenvalue weighted by Gasteiger charge is 2.27. The Labute approximate surface area is 224 Å². The molecule has 0 saturated heterocycles. The number of carboxylic acid groups (broad SMARTS) is 1. The standard InChI is InChI=1S/C26H35N3O5.2ClH/c1-17(33-26(32)34-20-8-3-2-4-9-20)21(27)13-11-19(25(30)31)15-22-24-14-12-18-7-5-6-10-23(18)29(24)16-28-22;;/h5-7,10,16-17,19-21H,2-4,8-9,11-15,27H2,1H3,(H,30,31);2*1H/t17?,19-,21?;;/m0../s1. The smallest absolute Gasteiger partial charge is 0.481 e. The maximum absolute atomic E-state index is 12.1. The van der Waals surface area contributed by atoms with Crippen molar-refractivity contribution in [2.24, 2.45) is 11.7 Å². The molecule has 200 valence electrons. The van der Waals surface area contributed by atoms with Crippen LogP contribution in [-0.4, -0.2) is 45.0 Å². The average Bonchev–Trinajstić information content (AvgIpc) is 3.25. The molecule has 8 nitrogen and oxygen atoms in total. The number of ether oxygens (including phenoxy) is 2. The normalized spacial score (nSPS) is 17.3. The van der Waals surface area contributed by atoms with Crippen LogP contribution in [0.2, 0.25) is 0 Å². The molecule has 1 saturated carbocycles. The number of rotatable bonds is 9. The van der Waals surface area contributed by atoms with Crippen LogP contribution < -0.4 is 5.73 Å². The van der Waals surface area contributed by atoms with Crippen LogP contribution in [0.4, 0.5) is 4.79 Å². The Morgan fingerprint density at radius 1 is 1.14 bits per heavy atom. The summed E-state index contributed by atoms with van der Waals surface area (Å²) in [6.07, 6.45) is 8.45. The van der Waals surface area contributed by atoms with E-state index >= 15 is 0 Å². The Balaban J connectivity index is 0.00000228. The number of aromatic nitrogens is 2. The van der Waals surface area contributed by atoms with Gasteiger partial charge in [0.25, 0.3) is 0 Å². The zero-order chi connectivity index (χ0) is 24.1. The van der Waals surface area contributed by atoms with Gasteiger partial charge in [0.05, 0.1) is 17.9 Å². The van der Waals surface area contributed by atoms with E-state index in [9.17, 15) is 14.7 Å². The van der Waals surface area contributed by atoms with Crippen molar-refractivity contribution in [3.8, 4) is 5.69 Å². The van der Waals surface area contributed by atoms with Crippen molar-refractivity contribution in [3.63, 3.8) is 0 Å². The Morgan fingerprint density at radius 3 is 2.58 bits per heavy atom. The topological polar surface area (TPSA) is 117 Å². The number of nitrogens with two attached hydrogens (primary N) is 1. The maximum atomic E-state index is 12.1. The second kappa shape index (κ2) is 13.9. The third-order valence-corrected chi connectivity index (χ3v) is 7.17. The van der Waals surface area contributed by atoms with Gasteiger partial charge in [0.2, 0.25) is 0 Å². The summed E-state index contributed by atoms with van der Waals surface area (Å²) < 4.78 is 12.9. The van der Waals surface area contributed by atoms with Gasteiger partial charge >= 0.3 is 12.1 Å². The predicted octanol–water partition coefficient (Wildman–Crippen LogP) is 5.04. The number of carbonyl (C=O) groups is 2. The van der Waals surface area contributed by atoms with Gasteiger partial charge in [-0.25, -0.2) is 9.78 Å². The summed E-state index contributed by atoms with van der Waals surface area (Å²) in [4.78, 5) is 28.7. The monoisotopic (exact) mass is 541 g/mol. The minimum Gasteiger partial charge on any atom is -0.481 e. The molecule has 2 unspecified atom stereocenters. The third kappa shape index (κ3) is 7.37. The molecule has 10 heteroatoms. The first-order valence-corrected chi connectivity index (χ1v) is 12.4. The summed E-state index contributed by atoms with van der Waals surface area (Å²) >= 11 is 0. The van der Waals surface area contributed by atoms with Crippen molar-refractivity contribution in [1.29, 1.82) is 0 Å². The minimum atomic E-state index is -0.865. The zero-order valence-corrected chi connectivity index (χ0v) is 22.3. The highest BCUT2D eigenvalue weighted by atomic mass is 35.5. The van der Waals surface area contributed by atoms with E-state index in [4.69, 9.17) is 15.2 Å². The fourth-order valence-electron chi connectivity index (χ4n) is 5.02. The van der Waals surface area contributed by atoms with Crippen LogP contribution in [0.15, 0.2) is 30.6 Å². The van der Waals surface area contributed by atoms with E-state index in [2.05, 4.69) is 21.7 Å². The summed E-state index contributed by atoms with van der Waals surface area (Å²) in [6.45, 7) is 1.73. The molecule has 0 bridgehead atoms. The van der Waals surface area contributed by atoms with E-state index in [1.807, 2.05) is 12.1 Å². The van der Waals surface area contributed by atoms with Crippen LogP contribution in [0.3, 0.4) is 0 Å². The van der Waals surface area contributed by atoms with E-state index < -0.39 is 30.2 Å². The van der Waals surface area contributed by atoms with Crippen molar-refractivity contribution >= 4 is 36.9 Å². The molecule has 0 spiro atoms. The van der Waals surface area contributed by atoms with Gasteiger partial charge in [-0.15, -0.1) is 24.8 Å². The van der Waals surface area contributed by atoms with Crippen LogP contribution in [0.5, 0.6) is 0 Å². The van der Waals surface area contributed by atoms with Gasteiger partial charge in [-0.05, 0) is 69.9 Å². The van der Waals surface area contributed by atoms with Gasteiger partial charge in [0.15, 0.2) is 0 Å². The summed E-state index contributed by atoms with van der Waals surface area (Å²) in [5.74, 6) is -1.47. The van der Waals surface area contributed by atoms with Crippen LogP contribution in [0, 0.1) is 5.92 Å². The molecule has 1 aliphatic carbocycles. The van der Waals surface area contributed by atoms with Crippen LogP contribution in [0.1, 0.15) is 68.8 Å². The number of imidazole rings is 1. The molecular weight excluding hydrogens is 505 g/mol. The van der Waals surface area contributed by atoms with Gasteiger partial charge in [-0.3, -0.25) is 4.79 Å². The second-order valence-electron chi connectivity index (χ2n) is 9.57. The molecular formula is C26H37Cl2N3O5. The van der Waals surface area contributed by atoms with Crippen molar-refractivity contribution in [3.05, 3.63) is 47.5 Å². The van der Waals surface area contributed by atoms with E-state index in [0.717, 1.165) is 55.6 Å². The molecule has 3 atom stereocenters. The van der Waals surface area contributed by atoms with E-state index in [1.54, 1.807) is 13.3 Å². The first-order chi connectivity index (χ1) is 16.4. The second-order valence-corrected chi connectivity index (χ2v) is 9.57. The van der Waals surface area contributed by atoms with Crippen LogP contribution >= 0.6 is 24.8 Å². The van der Waals surface area contributed by atoms with Crippen molar-refractivity contribution in [1.82, 2.24) is 9.55 Å². The lowest BCUT2D eigenvalue weighted by Gasteiger charge is -2.25. The van der Waals surface area contributed by atoms with Gasteiger partial charge in [-0.2, -0.15) is 0 Å². The fourth-order valence-corrected chi connectivity index (χ4v) is 5.02. The summed E-state index contributed by atoms with van der Waals surface area (Å²) in [5.41, 5.74) is 10.5. The number of carboxylic acids is 1. The van der Waals surface area contributed by atoms with Gasteiger partial charge in [0.1, 0.15) is 12.2 Å². The molecule has 1 fully saturated rings. The molecule has 0 amide bonds. The molecule has 4 rings (SSSR count). The largest absolute Gasteiger partial charge is 0.508 e. The summed E-state index contributed by atoms with van der Waals surface area (Å²) in [5, 5.41) is 9.83. The molecule has 36 heavy (non-hydrogen) atoms. The number of aliphatic carboxylic acids is 1. The lowest BCUT2D eigenvalue weighted by molar-refractivity contribution is -0.142. The quantitative estimate of drug-likeness (QED) is 0.427. The number of hydrogen-bond acceptors (Lipinski definition) is 6. The molecule has 2 aromatic rings. The minimum absolute atomic E-state index is 0. The zero-order valence-electron chi connectivity index (χ0n) is 20.6. The van der Waals surface area contributed by atoms with Crippen molar-refractivity contribution < 1.29 is 24.2 Å². The highest BCUT2D eigenvalue weighted by Crippen LogP contribution is 2.28. The van der Waals surface area contributed by atoms with E-state index in [0.29, 0.717) is 19.3 Å². The Hall–Kier alpha value is -2.29. The third-order valence-electron chi connectivity index (χ3n) is 7.17. The van der Waals surface area contributed by atoms with Crippen molar-refractivity contribution in [2.75, 3.05) is 0 Å². The van der Waals surface area contributed by atoms with E-state index in [-0.39, 0.29) is 30.9 Å². The Bertz CT molecular complexity index is 1010. The number of carbonyl (C=O) groups excluding carboxylic acids is 1. The van der Waals surface area contributed by atoms with Gasteiger partial charge < -0.3 is 24.9 Å². The molecule has 0 radical (unpaired) electrons. The highest BCUT2D eigenvalue weighted by molar-refractivity contribution is 5.85. The molecule has 1 aromatic heterocycles. The number of hydrogen-bond donors (Lipinski definition) is 2. The van der Waals surface area contributed by atoms with Gasteiger partial charge in [-0.1, -0.05) is 24.6 Å². The first-order valence-electron chi connectivity index (χ1n) is 12.4. The fraction of sp³-hybridized carbons (Fsp3) is 0.577. The maximum Gasteiger partial charge on any atom is 0.508 e. The van der Waals surface area contributed by atoms with Crippen LogP contribution in [-0.2, 0) is 33.5 Å². The first kappa shape index (κ1) is 29.9. The van der Waals surface area contributed by atoms with Gasteiger partial charge in [0, 0.05) is 23.8 Å². The molecule has 3 N–H and O–H groups in total. The lowest BCUT2D eigenvalue weighted by Crippen LogP contribution is -2.37. The van der Waals surface area contributed by atoms with Crippen molar-refractivity contribution in [2.45, 2.75) is 89.4 Å². The number of fused-ring (bicyclic) bond motifs is 3. The number of halogens is 2. The SMILES string of the molecule is CC(OC(=O)OC1CCCCC1)C(N)CC[C@@H](Cc1ncn2c1CCc1ccccc1-2)C(=O)O.Cl.Cl. The summed E-state index contributed by atoms with van der Waals surface area (Å²) in [7, 11) is 0. The van der Waals surface area contributed by atoms with E-state index in [1.165, 1.54) is 12.0 Å². The average molecular weight is 543 g/mol. The number of nitrogens with zero attached hydrogens (tertiary/aromatic N) is 2. The molecule has 1 aromatic carbocycles. The van der Waals surface area contributed by atoms with Crippen LogP contribution in [0.25, 0.3) is 5.69 Å².